The minimum Gasteiger partial charge on any atom is -0.462 e. The highest BCUT2D eigenvalue weighted by atomic mass is 16.5. The normalized spacial score (nSPS) is 20.6. The molecule has 0 amide bonds. The fraction of sp³-hybridized carbons (Fsp3) is 0.786. The second-order valence-electron chi connectivity index (χ2n) is 5.43. The molecule has 1 aliphatic rings. The molecule has 0 saturated heterocycles. The summed E-state index contributed by atoms with van der Waals surface area (Å²) in [6.07, 6.45) is 8.89. The maximum absolute atomic E-state index is 11.4. The van der Waals surface area contributed by atoms with Gasteiger partial charge in [0.25, 0.3) is 0 Å². The SMILES string of the molecule is C=C(C)C(=O)OCC1(C)CCCCCCC1. The van der Waals surface area contributed by atoms with E-state index in [0.29, 0.717) is 12.2 Å². The van der Waals surface area contributed by atoms with Crippen LogP contribution >= 0.6 is 0 Å². The van der Waals surface area contributed by atoms with Gasteiger partial charge in [-0.25, -0.2) is 4.79 Å². The predicted octanol–water partition coefficient (Wildman–Crippen LogP) is 3.86. The average Bonchev–Trinajstić information content (AvgIpc) is 2.21. The first kappa shape index (κ1) is 13.3. The summed E-state index contributed by atoms with van der Waals surface area (Å²) in [6, 6.07) is 0. The first-order valence-corrected chi connectivity index (χ1v) is 6.36. The summed E-state index contributed by atoms with van der Waals surface area (Å²) in [5, 5.41) is 0. The van der Waals surface area contributed by atoms with Crippen molar-refractivity contribution >= 4 is 5.97 Å². The molecule has 16 heavy (non-hydrogen) atoms. The highest BCUT2D eigenvalue weighted by Crippen LogP contribution is 2.34. The first-order chi connectivity index (χ1) is 7.53. The fourth-order valence-corrected chi connectivity index (χ4v) is 2.27. The zero-order valence-electron chi connectivity index (χ0n) is 10.7. The van der Waals surface area contributed by atoms with Gasteiger partial charge in [-0.3, -0.25) is 0 Å². The van der Waals surface area contributed by atoms with Crippen LogP contribution in [0.2, 0.25) is 0 Å². The Kier molecular flexibility index (Phi) is 5.04. The van der Waals surface area contributed by atoms with Gasteiger partial charge >= 0.3 is 5.97 Å². The summed E-state index contributed by atoms with van der Waals surface area (Å²) in [4.78, 5) is 11.4. The lowest BCUT2D eigenvalue weighted by molar-refractivity contribution is -0.142. The van der Waals surface area contributed by atoms with Crippen LogP contribution in [0.4, 0.5) is 0 Å². The number of esters is 1. The van der Waals surface area contributed by atoms with Gasteiger partial charge in [0.2, 0.25) is 0 Å². The van der Waals surface area contributed by atoms with Crippen LogP contribution in [0.1, 0.15) is 58.8 Å². The highest BCUT2D eigenvalue weighted by molar-refractivity contribution is 5.86. The van der Waals surface area contributed by atoms with Gasteiger partial charge in [0.05, 0.1) is 6.61 Å². The Morgan fingerprint density at radius 1 is 1.19 bits per heavy atom. The van der Waals surface area contributed by atoms with Crippen LogP contribution in [-0.4, -0.2) is 12.6 Å². The van der Waals surface area contributed by atoms with Crippen LogP contribution in [0.5, 0.6) is 0 Å². The van der Waals surface area contributed by atoms with Gasteiger partial charge in [-0.1, -0.05) is 45.6 Å². The number of rotatable bonds is 3. The molecule has 1 rings (SSSR count). The number of hydrogen-bond acceptors (Lipinski definition) is 2. The zero-order chi connectivity index (χ0) is 12.0. The smallest absolute Gasteiger partial charge is 0.333 e. The molecule has 92 valence electrons. The van der Waals surface area contributed by atoms with Crippen molar-refractivity contribution < 1.29 is 9.53 Å². The predicted molar refractivity (Wildman–Crippen MR) is 66.2 cm³/mol. The molecule has 2 heteroatoms. The molecule has 0 aromatic carbocycles. The van der Waals surface area contributed by atoms with Gasteiger partial charge in [-0.2, -0.15) is 0 Å². The Morgan fingerprint density at radius 3 is 2.19 bits per heavy atom. The van der Waals surface area contributed by atoms with E-state index in [2.05, 4.69) is 13.5 Å². The second kappa shape index (κ2) is 6.07. The van der Waals surface area contributed by atoms with Gasteiger partial charge in [0.1, 0.15) is 0 Å². The molecule has 2 nitrogen and oxygen atoms in total. The van der Waals surface area contributed by atoms with Crippen molar-refractivity contribution in [2.75, 3.05) is 6.61 Å². The lowest BCUT2D eigenvalue weighted by Gasteiger charge is -2.30. The molecule has 0 bridgehead atoms. The van der Waals surface area contributed by atoms with Gasteiger partial charge in [-0.15, -0.1) is 0 Å². The molecule has 1 aliphatic carbocycles. The molecule has 0 aromatic rings. The van der Waals surface area contributed by atoms with E-state index in [1.807, 2.05) is 0 Å². The first-order valence-electron chi connectivity index (χ1n) is 6.36. The number of carbonyl (C=O) groups excluding carboxylic acids is 1. The van der Waals surface area contributed by atoms with E-state index in [1.165, 1.54) is 44.9 Å². The topological polar surface area (TPSA) is 26.3 Å². The molecule has 0 heterocycles. The molecule has 0 spiro atoms. The van der Waals surface area contributed by atoms with Crippen molar-refractivity contribution in [1.82, 2.24) is 0 Å². The maximum Gasteiger partial charge on any atom is 0.333 e. The van der Waals surface area contributed by atoms with Gasteiger partial charge in [0, 0.05) is 11.0 Å². The van der Waals surface area contributed by atoms with E-state index in [-0.39, 0.29) is 11.4 Å². The highest BCUT2D eigenvalue weighted by Gasteiger charge is 2.26. The molecule has 0 N–H and O–H groups in total. The van der Waals surface area contributed by atoms with Crippen LogP contribution in [0, 0.1) is 5.41 Å². The fourth-order valence-electron chi connectivity index (χ4n) is 2.27. The molecule has 0 unspecified atom stereocenters. The molecule has 0 atom stereocenters. The van der Waals surface area contributed by atoms with E-state index in [4.69, 9.17) is 4.74 Å². The quantitative estimate of drug-likeness (QED) is 0.537. The zero-order valence-corrected chi connectivity index (χ0v) is 10.7. The van der Waals surface area contributed by atoms with Crippen molar-refractivity contribution in [2.45, 2.75) is 58.8 Å². The van der Waals surface area contributed by atoms with Crippen LogP contribution in [-0.2, 0) is 9.53 Å². The largest absolute Gasteiger partial charge is 0.462 e. The Morgan fingerprint density at radius 2 is 1.69 bits per heavy atom. The van der Waals surface area contributed by atoms with Gasteiger partial charge < -0.3 is 4.74 Å². The van der Waals surface area contributed by atoms with E-state index in [1.54, 1.807) is 6.92 Å². The standard InChI is InChI=1S/C14H24O2/c1-12(2)13(15)16-11-14(3)9-7-5-4-6-8-10-14/h1,4-11H2,2-3H3. The lowest BCUT2D eigenvalue weighted by Crippen LogP contribution is -2.26. The summed E-state index contributed by atoms with van der Waals surface area (Å²) in [5.41, 5.74) is 0.681. The van der Waals surface area contributed by atoms with Crippen LogP contribution < -0.4 is 0 Å². The molecular formula is C14H24O2. The molecule has 1 saturated carbocycles. The summed E-state index contributed by atoms with van der Waals surface area (Å²) < 4.78 is 5.30. The van der Waals surface area contributed by atoms with Gasteiger partial charge in [-0.05, 0) is 19.8 Å². The van der Waals surface area contributed by atoms with Crippen molar-refractivity contribution in [3.05, 3.63) is 12.2 Å². The summed E-state index contributed by atoms with van der Waals surface area (Å²) in [5.74, 6) is -0.247. The molecule has 0 aromatic heterocycles. The summed E-state index contributed by atoms with van der Waals surface area (Å²) in [6.45, 7) is 8.09. The van der Waals surface area contributed by atoms with Crippen molar-refractivity contribution in [2.24, 2.45) is 5.41 Å². The van der Waals surface area contributed by atoms with Crippen LogP contribution in [0.25, 0.3) is 0 Å². The minimum atomic E-state index is -0.247. The van der Waals surface area contributed by atoms with E-state index in [9.17, 15) is 4.79 Å². The Hall–Kier alpha value is -0.790. The Balaban J connectivity index is 2.41. The third-order valence-electron chi connectivity index (χ3n) is 3.46. The number of ether oxygens (including phenoxy) is 1. The van der Waals surface area contributed by atoms with E-state index >= 15 is 0 Å². The summed E-state index contributed by atoms with van der Waals surface area (Å²) >= 11 is 0. The summed E-state index contributed by atoms with van der Waals surface area (Å²) in [7, 11) is 0. The maximum atomic E-state index is 11.4. The van der Waals surface area contributed by atoms with Crippen molar-refractivity contribution in [3.63, 3.8) is 0 Å². The monoisotopic (exact) mass is 224 g/mol. The van der Waals surface area contributed by atoms with E-state index in [0.717, 1.165) is 0 Å². The lowest BCUT2D eigenvalue weighted by atomic mass is 9.78. The second-order valence-corrected chi connectivity index (χ2v) is 5.43. The average molecular weight is 224 g/mol. The number of carbonyl (C=O) groups is 1. The van der Waals surface area contributed by atoms with Crippen molar-refractivity contribution in [3.8, 4) is 0 Å². The minimum absolute atomic E-state index is 0.186. The van der Waals surface area contributed by atoms with Crippen LogP contribution in [0.15, 0.2) is 12.2 Å². The molecule has 1 fully saturated rings. The van der Waals surface area contributed by atoms with E-state index < -0.39 is 0 Å². The Labute approximate surface area is 99.1 Å². The molecule has 0 radical (unpaired) electrons. The third kappa shape index (κ3) is 4.38. The van der Waals surface area contributed by atoms with Gasteiger partial charge in [0.15, 0.2) is 0 Å². The molecular weight excluding hydrogens is 200 g/mol. The molecule has 0 aliphatic heterocycles. The Bertz CT molecular complexity index is 247. The van der Waals surface area contributed by atoms with Crippen molar-refractivity contribution in [1.29, 1.82) is 0 Å². The number of hydrogen-bond donors (Lipinski definition) is 0. The third-order valence-corrected chi connectivity index (χ3v) is 3.46. The van der Waals surface area contributed by atoms with Crippen LogP contribution in [0.3, 0.4) is 0 Å².